The molecule has 7 heteroatoms. The molecule has 1 fully saturated rings. The third-order valence-corrected chi connectivity index (χ3v) is 7.24. The van der Waals surface area contributed by atoms with E-state index in [4.69, 9.17) is 11.6 Å². The Bertz CT molecular complexity index is 1070. The lowest BCUT2D eigenvalue weighted by atomic mass is 9.68. The number of nitrogens with zero attached hydrogens (tertiary/aromatic N) is 2. The van der Waals surface area contributed by atoms with Gasteiger partial charge >= 0.3 is 6.03 Å². The maximum absolute atomic E-state index is 12.8. The number of benzene rings is 2. The lowest BCUT2D eigenvalue weighted by molar-refractivity contribution is -0.0144. The number of nitrogens with one attached hydrogen (secondary N) is 2. The van der Waals surface area contributed by atoms with E-state index in [9.17, 15) is 9.90 Å². The zero-order valence-corrected chi connectivity index (χ0v) is 19.6. The summed E-state index contributed by atoms with van der Waals surface area (Å²) in [6, 6.07) is 13.6. The van der Waals surface area contributed by atoms with Gasteiger partial charge in [0.05, 0.1) is 23.9 Å². The molecule has 170 valence electrons. The molecule has 3 N–H and O–H groups in total. The third-order valence-electron chi connectivity index (χ3n) is 7.02. The Balaban J connectivity index is 1.40. The average molecular weight is 455 g/mol. The number of carbonyl (C=O) groups is 1. The summed E-state index contributed by atoms with van der Waals surface area (Å²) in [6.45, 7) is 7.53. The number of carbonyl (C=O) groups excluding carboxylic acids is 1. The van der Waals surface area contributed by atoms with Crippen LogP contribution < -0.4 is 5.32 Å². The maximum atomic E-state index is 12.8. The van der Waals surface area contributed by atoms with Gasteiger partial charge in [-0.05, 0) is 48.8 Å². The number of likely N-dealkylation sites (tertiary alicyclic amines) is 1. The van der Waals surface area contributed by atoms with E-state index in [1.165, 1.54) is 0 Å². The van der Waals surface area contributed by atoms with Crippen LogP contribution in [0.2, 0.25) is 5.02 Å². The van der Waals surface area contributed by atoms with Crippen molar-refractivity contribution in [3.8, 4) is 0 Å². The van der Waals surface area contributed by atoms with Gasteiger partial charge in [0.1, 0.15) is 0 Å². The van der Waals surface area contributed by atoms with E-state index in [1.807, 2.05) is 54.3 Å². The molecule has 6 nitrogen and oxygen atoms in total. The van der Waals surface area contributed by atoms with E-state index < -0.39 is 6.10 Å². The maximum Gasteiger partial charge on any atom is 0.317 e. The van der Waals surface area contributed by atoms with E-state index in [-0.39, 0.29) is 23.4 Å². The van der Waals surface area contributed by atoms with Crippen molar-refractivity contribution in [1.82, 2.24) is 20.4 Å². The summed E-state index contributed by atoms with van der Waals surface area (Å²) in [7, 11) is 0. The fourth-order valence-corrected chi connectivity index (χ4v) is 5.05. The van der Waals surface area contributed by atoms with Gasteiger partial charge in [-0.1, -0.05) is 55.8 Å². The van der Waals surface area contributed by atoms with Crippen LogP contribution in [0.4, 0.5) is 4.79 Å². The minimum Gasteiger partial charge on any atom is -0.388 e. The second kappa shape index (κ2) is 9.12. The molecular formula is C25H31ClN4O2. The van der Waals surface area contributed by atoms with Crippen LogP contribution in [-0.4, -0.2) is 39.3 Å². The van der Waals surface area contributed by atoms with Crippen molar-refractivity contribution < 1.29 is 9.90 Å². The van der Waals surface area contributed by atoms with Crippen LogP contribution in [0, 0.1) is 11.3 Å². The molecule has 1 aliphatic rings. The first-order valence-electron chi connectivity index (χ1n) is 11.2. The molecule has 2 heterocycles. The molecule has 3 aromatic rings. The van der Waals surface area contributed by atoms with Crippen molar-refractivity contribution in [3.63, 3.8) is 0 Å². The minimum absolute atomic E-state index is 0.0350. The Kier molecular flexibility index (Phi) is 6.45. The van der Waals surface area contributed by atoms with Crippen molar-refractivity contribution in [1.29, 1.82) is 0 Å². The standard InChI is InChI=1S/C25H31ClN4O2/c1-16(17-7-5-4-6-8-17)28-24(32)30-11-9-19(10-12-30)25(2,3)23(31)21-14-20(26)13-18-15-27-29-22(18)21/h4-8,13-16,19,23,31H,9-12H2,1-3H3,(H,27,29)(H,28,32)/t16-,23?/m1/s1. The number of aliphatic hydroxyl groups excluding tert-OH is 1. The van der Waals surface area contributed by atoms with Gasteiger partial charge in [-0.3, -0.25) is 5.10 Å². The van der Waals surface area contributed by atoms with Gasteiger partial charge in [0.2, 0.25) is 0 Å². The quantitative estimate of drug-likeness (QED) is 0.478. The number of aromatic amines is 1. The second-order valence-corrected chi connectivity index (χ2v) is 9.83. The van der Waals surface area contributed by atoms with Crippen LogP contribution in [0.15, 0.2) is 48.7 Å². The molecule has 0 saturated carbocycles. The van der Waals surface area contributed by atoms with Gasteiger partial charge in [-0.15, -0.1) is 0 Å². The summed E-state index contributed by atoms with van der Waals surface area (Å²) in [6.07, 6.45) is 2.69. The molecule has 0 spiro atoms. The van der Waals surface area contributed by atoms with Gasteiger partial charge < -0.3 is 15.3 Å². The summed E-state index contributed by atoms with van der Waals surface area (Å²) >= 11 is 6.30. The average Bonchev–Trinajstić information content (AvgIpc) is 3.27. The van der Waals surface area contributed by atoms with Crippen molar-refractivity contribution >= 4 is 28.5 Å². The van der Waals surface area contributed by atoms with Crippen LogP contribution in [0.3, 0.4) is 0 Å². The van der Waals surface area contributed by atoms with Crippen molar-refractivity contribution in [2.24, 2.45) is 11.3 Å². The first-order chi connectivity index (χ1) is 15.3. The Labute approximate surface area is 194 Å². The topological polar surface area (TPSA) is 81.2 Å². The van der Waals surface area contributed by atoms with Gasteiger partial charge in [0, 0.05) is 29.1 Å². The molecule has 2 aromatic carbocycles. The Morgan fingerprint density at radius 2 is 1.94 bits per heavy atom. The third kappa shape index (κ3) is 4.48. The van der Waals surface area contributed by atoms with E-state index in [2.05, 4.69) is 29.4 Å². The number of aromatic nitrogens is 2. The van der Waals surface area contributed by atoms with E-state index >= 15 is 0 Å². The monoisotopic (exact) mass is 454 g/mol. The number of aliphatic hydroxyl groups is 1. The number of fused-ring (bicyclic) bond motifs is 1. The fraction of sp³-hybridized carbons (Fsp3) is 0.440. The first kappa shape index (κ1) is 22.6. The summed E-state index contributed by atoms with van der Waals surface area (Å²) in [5.74, 6) is 0.269. The largest absolute Gasteiger partial charge is 0.388 e. The van der Waals surface area contributed by atoms with Gasteiger partial charge in [0.25, 0.3) is 0 Å². The molecule has 1 aliphatic heterocycles. The molecule has 32 heavy (non-hydrogen) atoms. The number of halogens is 1. The molecule has 0 aliphatic carbocycles. The molecule has 4 rings (SSSR count). The number of H-pyrrole nitrogens is 1. The molecule has 0 radical (unpaired) electrons. The smallest absolute Gasteiger partial charge is 0.317 e. The normalized spacial score (nSPS) is 17.3. The van der Waals surface area contributed by atoms with Crippen LogP contribution in [-0.2, 0) is 0 Å². The molecular weight excluding hydrogens is 424 g/mol. The number of piperidine rings is 1. The molecule has 1 unspecified atom stereocenters. The Morgan fingerprint density at radius 3 is 2.62 bits per heavy atom. The van der Waals surface area contributed by atoms with Crippen LogP contribution in [0.5, 0.6) is 0 Å². The predicted molar refractivity (Wildman–Crippen MR) is 128 cm³/mol. The van der Waals surface area contributed by atoms with Crippen LogP contribution in [0.1, 0.15) is 56.9 Å². The summed E-state index contributed by atoms with van der Waals surface area (Å²) in [4.78, 5) is 14.7. The van der Waals surface area contributed by atoms with Gasteiger partial charge in [-0.2, -0.15) is 5.10 Å². The number of rotatable bonds is 5. The molecule has 1 aromatic heterocycles. The first-order valence-corrected chi connectivity index (χ1v) is 11.6. The van der Waals surface area contributed by atoms with Gasteiger partial charge in [0.15, 0.2) is 0 Å². The highest BCUT2D eigenvalue weighted by Crippen LogP contribution is 2.46. The van der Waals surface area contributed by atoms with E-state index in [1.54, 1.807) is 6.20 Å². The number of hydrogen-bond acceptors (Lipinski definition) is 3. The van der Waals surface area contributed by atoms with E-state index in [0.29, 0.717) is 18.1 Å². The summed E-state index contributed by atoms with van der Waals surface area (Å²) < 4.78 is 0. The SMILES string of the molecule is C[C@@H](NC(=O)N1CCC(C(C)(C)C(O)c2cc(Cl)cc3cn[nH]c23)CC1)c1ccccc1. The van der Waals surface area contributed by atoms with Crippen LogP contribution >= 0.6 is 11.6 Å². The minimum atomic E-state index is -0.701. The molecule has 1 saturated heterocycles. The van der Waals surface area contributed by atoms with Crippen molar-refractivity contribution in [2.75, 3.05) is 13.1 Å². The highest BCUT2D eigenvalue weighted by Gasteiger charge is 2.40. The molecule has 2 amide bonds. The van der Waals surface area contributed by atoms with Crippen molar-refractivity contribution in [3.05, 3.63) is 64.8 Å². The zero-order chi connectivity index (χ0) is 22.9. The predicted octanol–water partition coefficient (Wildman–Crippen LogP) is 5.46. The van der Waals surface area contributed by atoms with E-state index in [0.717, 1.165) is 34.9 Å². The summed E-state index contributed by atoms with van der Waals surface area (Å²) in [5, 5.41) is 23.0. The number of hydrogen-bond donors (Lipinski definition) is 3. The fourth-order valence-electron chi connectivity index (χ4n) is 4.81. The highest BCUT2D eigenvalue weighted by atomic mass is 35.5. The van der Waals surface area contributed by atoms with Crippen LogP contribution in [0.25, 0.3) is 10.9 Å². The Hall–Kier alpha value is -2.57. The van der Waals surface area contributed by atoms with Gasteiger partial charge in [-0.25, -0.2) is 4.79 Å². The number of urea groups is 1. The molecule has 0 bridgehead atoms. The lowest BCUT2D eigenvalue weighted by Gasteiger charge is -2.43. The molecule has 2 atom stereocenters. The highest BCUT2D eigenvalue weighted by molar-refractivity contribution is 6.31. The zero-order valence-electron chi connectivity index (χ0n) is 18.8. The lowest BCUT2D eigenvalue weighted by Crippen LogP contribution is -2.47. The Morgan fingerprint density at radius 1 is 1.25 bits per heavy atom. The van der Waals surface area contributed by atoms with Crippen molar-refractivity contribution in [2.45, 2.75) is 45.8 Å². The second-order valence-electron chi connectivity index (χ2n) is 9.40. The number of amides is 2. The summed E-state index contributed by atoms with van der Waals surface area (Å²) in [5.41, 5.74) is 2.29.